The molecule has 1 heterocycles. The maximum atomic E-state index is 10.1. The highest BCUT2D eigenvalue weighted by atomic mass is 32.2. The van der Waals surface area contributed by atoms with Crippen LogP contribution in [-0.2, 0) is 0 Å². The molecule has 18 heavy (non-hydrogen) atoms. The van der Waals surface area contributed by atoms with Gasteiger partial charge >= 0.3 is 0 Å². The molecule has 0 amide bonds. The van der Waals surface area contributed by atoms with Gasteiger partial charge in [0.2, 0.25) is 0 Å². The molecular weight excluding hydrogens is 244 g/mol. The smallest absolute Gasteiger partial charge is 0.0991 e. The largest absolute Gasteiger partial charge is 0.387 e. The standard InChI is InChI=1S/C14H18N2OS/c15-8-11-3-5-12(6-4-11)14(17)9-16-13-2-1-7-18-10-13/h3-6,13-14,16-17H,1-2,7,9-10H2. The number of nitriles is 1. The molecule has 0 saturated carbocycles. The number of aliphatic hydroxyl groups is 1. The van der Waals surface area contributed by atoms with E-state index in [2.05, 4.69) is 11.4 Å². The minimum Gasteiger partial charge on any atom is -0.387 e. The first kappa shape index (κ1) is 13.4. The molecule has 1 fully saturated rings. The Morgan fingerprint density at radius 3 is 2.83 bits per heavy atom. The third kappa shape index (κ3) is 3.74. The van der Waals surface area contributed by atoms with E-state index in [0.29, 0.717) is 18.2 Å². The zero-order valence-corrected chi connectivity index (χ0v) is 11.1. The molecule has 0 spiro atoms. The van der Waals surface area contributed by atoms with Crippen LogP contribution in [0.2, 0.25) is 0 Å². The number of rotatable bonds is 4. The van der Waals surface area contributed by atoms with Crippen molar-refractivity contribution in [3.05, 3.63) is 35.4 Å². The molecule has 0 radical (unpaired) electrons. The van der Waals surface area contributed by atoms with Crippen molar-refractivity contribution in [2.24, 2.45) is 0 Å². The molecule has 2 N–H and O–H groups in total. The van der Waals surface area contributed by atoms with E-state index in [9.17, 15) is 5.11 Å². The maximum Gasteiger partial charge on any atom is 0.0991 e. The summed E-state index contributed by atoms with van der Waals surface area (Å²) >= 11 is 1.98. The van der Waals surface area contributed by atoms with E-state index < -0.39 is 6.10 Å². The molecule has 1 aromatic rings. The van der Waals surface area contributed by atoms with Crippen molar-refractivity contribution in [1.82, 2.24) is 5.32 Å². The van der Waals surface area contributed by atoms with Crippen LogP contribution in [0.5, 0.6) is 0 Å². The van der Waals surface area contributed by atoms with Crippen LogP contribution < -0.4 is 5.32 Å². The van der Waals surface area contributed by atoms with Gasteiger partial charge in [0.1, 0.15) is 0 Å². The lowest BCUT2D eigenvalue weighted by Crippen LogP contribution is -2.36. The summed E-state index contributed by atoms with van der Waals surface area (Å²) in [7, 11) is 0. The van der Waals surface area contributed by atoms with Crippen LogP contribution in [0.4, 0.5) is 0 Å². The predicted molar refractivity (Wildman–Crippen MR) is 74.5 cm³/mol. The van der Waals surface area contributed by atoms with E-state index in [1.807, 2.05) is 23.9 Å². The Morgan fingerprint density at radius 1 is 1.44 bits per heavy atom. The first-order valence-corrected chi connectivity index (χ1v) is 7.44. The van der Waals surface area contributed by atoms with Crippen molar-refractivity contribution in [2.45, 2.75) is 25.0 Å². The normalized spacial score (nSPS) is 21.2. The quantitative estimate of drug-likeness (QED) is 0.872. The van der Waals surface area contributed by atoms with Gasteiger partial charge in [-0.2, -0.15) is 17.0 Å². The van der Waals surface area contributed by atoms with Crippen molar-refractivity contribution < 1.29 is 5.11 Å². The van der Waals surface area contributed by atoms with E-state index in [-0.39, 0.29) is 0 Å². The van der Waals surface area contributed by atoms with Crippen LogP contribution in [0, 0.1) is 11.3 Å². The second-order valence-corrected chi connectivity index (χ2v) is 5.72. The van der Waals surface area contributed by atoms with E-state index in [1.165, 1.54) is 18.6 Å². The van der Waals surface area contributed by atoms with Crippen LogP contribution >= 0.6 is 11.8 Å². The summed E-state index contributed by atoms with van der Waals surface area (Å²) in [6.45, 7) is 0.580. The maximum absolute atomic E-state index is 10.1. The van der Waals surface area contributed by atoms with Crippen molar-refractivity contribution >= 4 is 11.8 Å². The summed E-state index contributed by atoms with van der Waals surface area (Å²) in [6, 6.07) is 9.73. The molecule has 0 bridgehead atoms. The number of aliphatic hydroxyl groups excluding tert-OH is 1. The summed E-state index contributed by atoms with van der Waals surface area (Å²) in [6.07, 6.45) is 1.97. The number of thioether (sulfide) groups is 1. The molecule has 1 aromatic carbocycles. The zero-order valence-electron chi connectivity index (χ0n) is 10.3. The molecular formula is C14H18N2OS. The fourth-order valence-electron chi connectivity index (χ4n) is 2.08. The Labute approximate surface area is 112 Å². The Hall–Kier alpha value is -1.02. The summed E-state index contributed by atoms with van der Waals surface area (Å²) in [4.78, 5) is 0. The average Bonchev–Trinajstić information content (AvgIpc) is 2.46. The van der Waals surface area contributed by atoms with E-state index in [1.54, 1.807) is 12.1 Å². The van der Waals surface area contributed by atoms with Crippen LogP contribution in [0.3, 0.4) is 0 Å². The van der Waals surface area contributed by atoms with Crippen molar-refractivity contribution in [3.63, 3.8) is 0 Å². The van der Waals surface area contributed by atoms with Crippen molar-refractivity contribution in [3.8, 4) is 6.07 Å². The highest BCUT2D eigenvalue weighted by Gasteiger charge is 2.15. The molecule has 96 valence electrons. The molecule has 0 aromatic heterocycles. The highest BCUT2D eigenvalue weighted by molar-refractivity contribution is 7.99. The second kappa shape index (κ2) is 6.79. The van der Waals surface area contributed by atoms with E-state index >= 15 is 0 Å². The summed E-state index contributed by atoms with van der Waals surface area (Å²) < 4.78 is 0. The Kier molecular flexibility index (Phi) is 5.06. The SMILES string of the molecule is N#Cc1ccc(C(O)CNC2CCCSC2)cc1. The van der Waals surface area contributed by atoms with Gasteiger partial charge in [0.05, 0.1) is 17.7 Å². The first-order valence-electron chi connectivity index (χ1n) is 6.29. The summed E-state index contributed by atoms with van der Waals surface area (Å²) in [5.41, 5.74) is 1.49. The monoisotopic (exact) mass is 262 g/mol. The van der Waals surface area contributed by atoms with Gasteiger partial charge in [0.25, 0.3) is 0 Å². The minimum absolute atomic E-state index is 0.496. The van der Waals surface area contributed by atoms with Crippen molar-refractivity contribution in [1.29, 1.82) is 5.26 Å². The van der Waals surface area contributed by atoms with Gasteiger partial charge in [-0.15, -0.1) is 0 Å². The zero-order chi connectivity index (χ0) is 12.8. The Morgan fingerprint density at radius 2 is 2.22 bits per heavy atom. The lowest BCUT2D eigenvalue weighted by molar-refractivity contribution is 0.170. The van der Waals surface area contributed by atoms with Gasteiger partial charge in [0.15, 0.2) is 0 Å². The van der Waals surface area contributed by atoms with Gasteiger partial charge in [-0.1, -0.05) is 12.1 Å². The summed E-state index contributed by atoms with van der Waals surface area (Å²) in [5.74, 6) is 2.40. The van der Waals surface area contributed by atoms with Gasteiger partial charge in [-0.25, -0.2) is 0 Å². The molecule has 1 aliphatic heterocycles. The van der Waals surface area contributed by atoms with Crippen LogP contribution in [-0.4, -0.2) is 29.2 Å². The van der Waals surface area contributed by atoms with Gasteiger partial charge in [0, 0.05) is 18.3 Å². The minimum atomic E-state index is -0.496. The van der Waals surface area contributed by atoms with Crippen LogP contribution in [0.15, 0.2) is 24.3 Å². The average molecular weight is 262 g/mol. The molecule has 1 aliphatic rings. The lowest BCUT2D eigenvalue weighted by Gasteiger charge is -2.24. The molecule has 2 unspecified atom stereocenters. The van der Waals surface area contributed by atoms with Crippen LogP contribution in [0.25, 0.3) is 0 Å². The summed E-state index contributed by atoms with van der Waals surface area (Å²) in [5, 5.41) is 22.2. The number of nitrogens with zero attached hydrogens (tertiary/aromatic N) is 1. The Balaban J connectivity index is 1.83. The van der Waals surface area contributed by atoms with Gasteiger partial charge < -0.3 is 10.4 Å². The number of hydrogen-bond acceptors (Lipinski definition) is 4. The molecule has 1 saturated heterocycles. The number of nitrogens with one attached hydrogen (secondary N) is 1. The molecule has 2 rings (SSSR count). The predicted octanol–water partition coefficient (Wildman–Crippen LogP) is 2.08. The third-order valence-electron chi connectivity index (χ3n) is 3.18. The molecule has 0 aliphatic carbocycles. The van der Waals surface area contributed by atoms with Gasteiger partial charge in [-0.3, -0.25) is 0 Å². The van der Waals surface area contributed by atoms with E-state index in [4.69, 9.17) is 5.26 Å². The van der Waals surface area contributed by atoms with E-state index in [0.717, 1.165) is 11.3 Å². The molecule has 3 nitrogen and oxygen atoms in total. The molecule has 2 atom stereocenters. The lowest BCUT2D eigenvalue weighted by atomic mass is 10.1. The number of benzene rings is 1. The van der Waals surface area contributed by atoms with Crippen LogP contribution in [0.1, 0.15) is 30.1 Å². The molecule has 4 heteroatoms. The Bertz CT molecular complexity index is 407. The highest BCUT2D eigenvalue weighted by Crippen LogP contribution is 2.18. The topological polar surface area (TPSA) is 56.0 Å². The second-order valence-electron chi connectivity index (χ2n) is 4.57. The van der Waals surface area contributed by atoms with Crippen molar-refractivity contribution in [2.75, 3.05) is 18.1 Å². The third-order valence-corrected chi connectivity index (χ3v) is 4.40. The van der Waals surface area contributed by atoms with Gasteiger partial charge in [-0.05, 0) is 36.3 Å². The number of hydrogen-bond donors (Lipinski definition) is 2. The fraction of sp³-hybridized carbons (Fsp3) is 0.500. The first-order chi connectivity index (χ1) is 8.79. The fourth-order valence-corrected chi connectivity index (χ4v) is 3.18.